The molecule has 0 aliphatic heterocycles. The molecule has 2 heterocycles. The van der Waals surface area contributed by atoms with Gasteiger partial charge in [-0.3, -0.25) is 0 Å². The number of alkyl halides is 3. The molecule has 0 saturated heterocycles. The molecule has 2 aromatic heterocycles. The van der Waals surface area contributed by atoms with Crippen LogP contribution in [0.3, 0.4) is 0 Å². The molecule has 3 aromatic rings. The van der Waals surface area contributed by atoms with E-state index in [2.05, 4.69) is 15.2 Å². The van der Waals surface area contributed by atoms with Crippen molar-refractivity contribution in [1.82, 2.24) is 15.2 Å². The maximum Gasteiger partial charge on any atom is 0.416 e. The third-order valence-electron chi connectivity index (χ3n) is 3.05. The lowest BCUT2D eigenvalue weighted by atomic mass is 10.1. The van der Waals surface area contributed by atoms with Gasteiger partial charge in [0.1, 0.15) is 10.0 Å². The molecule has 0 atom stereocenters. The maximum atomic E-state index is 12.8. The van der Waals surface area contributed by atoms with Gasteiger partial charge in [0, 0.05) is 23.4 Å². The number of benzene rings is 1. The predicted molar refractivity (Wildman–Crippen MR) is 80.1 cm³/mol. The molecule has 3 rings (SSSR count). The Morgan fingerprint density at radius 3 is 2.35 bits per heavy atom. The van der Waals surface area contributed by atoms with Crippen molar-refractivity contribution in [3.8, 4) is 27.0 Å². The van der Waals surface area contributed by atoms with Gasteiger partial charge in [-0.2, -0.15) is 13.2 Å². The summed E-state index contributed by atoms with van der Waals surface area (Å²) in [5.41, 5.74) is 0.393. The van der Waals surface area contributed by atoms with Gasteiger partial charge in [-0.1, -0.05) is 23.5 Å². The van der Waals surface area contributed by atoms with Crippen molar-refractivity contribution < 1.29 is 17.9 Å². The highest BCUT2D eigenvalue weighted by molar-refractivity contribution is 7.17. The number of hydrogen-bond acceptors (Lipinski definition) is 5. The topological polar surface area (TPSA) is 47.9 Å². The first kappa shape index (κ1) is 15.4. The minimum absolute atomic E-state index is 0.380. The van der Waals surface area contributed by atoms with Gasteiger partial charge in [0.05, 0.1) is 12.7 Å². The summed E-state index contributed by atoms with van der Waals surface area (Å²) in [5.74, 6) is 0.469. The Hall–Kier alpha value is -2.48. The van der Waals surface area contributed by atoms with Crippen LogP contribution in [-0.2, 0) is 6.18 Å². The minimum atomic E-state index is -4.39. The first-order valence-corrected chi connectivity index (χ1v) is 7.30. The molecule has 8 heteroatoms. The quantitative estimate of drug-likeness (QED) is 0.715. The number of aromatic nitrogens is 3. The van der Waals surface area contributed by atoms with E-state index >= 15 is 0 Å². The highest BCUT2D eigenvalue weighted by atomic mass is 32.1. The Morgan fingerprint density at radius 1 is 1.00 bits per heavy atom. The van der Waals surface area contributed by atoms with Crippen LogP contribution < -0.4 is 4.74 Å². The van der Waals surface area contributed by atoms with E-state index in [1.165, 1.54) is 24.5 Å². The lowest BCUT2D eigenvalue weighted by Crippen LogP contribution is -2.04. The third kappa shape index (κ3) is 3.31. The molecule has 0 N–H and O–H groups in total. The zero-order chi connectivity index (χ0) is 16.4. The van der Waals surface area contributed by atoms with Gasteiger partial charge in [0.2, 0.25) is 5.88 Å². The fourth-order valence-corrected chi connectivity index (χ4v) is 2.74. The Morgan fingerprint density at radius 2 is 1.74 bits per heavy atom. The predicted octanol–water partition coefficient (Wildman–Crippen LogP) is 4.29. The zero-order valence-corrected chi connectivity index (χ0v) is 12.6. The highest BCUT2D eigenvalue weighted by Gasteiger charge is 2.30. The average molecular weight is 337 g/mol. The van der Waals surface area contributed by atoms with Crippen molar-refractivity contribution >= 4 is 11.3 Å². The van der Waals surface area contributed by atoms with Crippen LogP contribution in [0.5, 0.6) is 5.88 Å². The summed E-state index contributed by atoms with van der Waals surface area (Å²) in [6, 6.07) is 8.47. The van der Waals surface area contributed by atoms with Crippen molar-refractivity contribution in [2.75, 3.05) is 7.11 Å². The molecule has 0 bridgehead atoms. The molecule has 118 valence electrons. The second-order valence-electron chi connectivity index (χ2n) is 4.58. The average Bonchev–Trinajstić information content (AvgIpc) is 3.04. The van der Waals surface area contributed by atoms with Crippen LogP contribution in [0.25, 0.3) is 21.1 Å². The van der Waals surface area contributed by atoms with E-state index in [9.17, 15) is 13.2 Å². The summed E-state index contributed by atoms with van der Waals surface area (Å²) in [6.07, 6.45) is -2.81. The molecule has 0 aliphatic carbocycles. The lowest BCUT2D eigenvalue weighted by Gasteiger charge is -2.06. The Bertz CT molecular complexity index is 815. The summed E-state index contributed by atoms with van der Waals surface area (Å²) in [4.78, 5) is 4.07. The van der Waals surface area contributed by atoms with Gasteiger partial charge in [0.15, 0.2) is 0 Å². The number of nitrogens with zero attached hydrogens (tertiary/aromatic N) is 3. The number of hydrogen-bond donors (Lipinski definition) is 0. The monoisotopic (exact) mass is 337 g/mol. The van der Waals surface area contributed by atoms with E-state index < -0.39 is 11.7 Å². The first-order chi connectivity index (χ1) is 11.0. The molecule has 0 radical (unpaired) electrons. The number of halogens is 3. The van der Waals surface area contributed by atoms with E-state index in [0.29, 0.717) is 21.5 Å². The van der Waals surface area contributed by atoms with Crippen LogP contribution in [0.4, 0.5) is 13.2 Å². The summed E-state index contributed by atoms with van der Waals surface area (Å²) in [6.45, 7) is 0. The van der Waals surface area contributed by atoms with Crippen molar-refractivity contribution in [3.05, 3.63) is 48.2 Å². The van der Waals surface area contributed by atoms with Crippen molar-refractivity contribution in [3.63, 3.8) is 0 Å². The van der Waals surface area contributed by atoms with E-state index in [1.54, 1.807) is 24.4 Å². The fourth-order valence-electron chi connectivity index (χ4n) is 1.91. The van der Waals surface area contributed by atoms with Gasteiger partial charge in [-0.15, -0.1) is 10.2 Å². The van der Waals surface area contributed by atoms with Gasteiger partial charge < -0.3 is 4.74 Å². The molecule has 1 aromatic carbocycles. The van der Waals surface area contributed by atoms with Crippen LogP contribution in [0.1, 0.15) is 5.56 Å². The molecule has 0 spiro atoms. The largest absolute Gasteiger partial charge is 0.481 e. The molecule has 0 saturated carbocycles. The fraction of sp³-hybridized carbons (Fsp3) is 0.133. The number of rotatable bonds is 3. The summed E-state index contributed by atoms with van der Waals surface area (Å²) < 4.78 is 43.3. The van der Waals surface area contributed by atoms with Crippen LogP contribution >= 0.6 is 11.3 Å². The van der Waals surface area contributed by atoms with Crippen LogP contribution in [0, 0.1) is 0 Å². The summed E-state index contributed by atoms with van der Waals surface area (Å²) in [7, 11) is 1.51. The molecule has 23 heavy (non-hydrogen) atoms. The highest BCUT2D eigenvalue weighted by Crippen LogP contribution is 2.34. The maximum absolute atomic E-state index is 12.8. The van der Waals surface area contributed by atoms with E-state index in [4.69, 9.17) is 4.74 Å². The SMILES string of the molecule is COc1ccc(-c2nnc(-c3cccc(C(F)(F)F)c3)s2)cn1. The number of pyridine rings is 1. The molecule has 0 amide bonds. The molecule has 0 aliphatic rings. The minimum Gasteiger partial charge on any atom is -0.481 e. The summed E-state index contributed by atoms with van der Waals surface area (Å²) >= 11 is 1.20. The van der Waals surface area contributed by atoms with Crippen LogP contribution in [0.15, 0.2) is 42.6 Å². The molecular weight excluding hydrogens is 327 g/mol. The lowest BCUT2D eigenvalue weighted by molar-refractivity contribution is -0.137. The van der Waals surface area contributed by atoms with E-state index in [-0.39, 0.29) is 0 Å². The van der Waals surface area contributed by atoms with Crippen LogP contribution in [-0.4, -0.2) is 22.3 Å². The van der Waals surface area contributed by atoms with Crippen molar-refractivity contribution in [1.29, 1.82) is 0 Å². The van der Waals surface area contributed by atoms with Gasteiger partial charge >= 0.3 is 6.18 Å². The van der Waals surface area contributed by atoms with Gasteiger partial charge in [-0.25, -0.2) is 4.98 Å². The Labute approximate surface area is 133 Å². The third-order valence-corrected chi connectivity index (χ3v) is 4.08. The number of ether oxygens (including phenoxy) is 1. The Kier molecular flexibility index (Phi) is 3.99. The van der Waals surface area contributed by atoms with Crippen molar-refractivity contribution in [2.45, 2.75) is 6.18 Å². The van der Waals surface area contributed by atoms with Gasteiger partial charge in [-0.05, 0) is 18.2 Å². The van der Waals surface area contributed by atoms with E-state index in [0.717, 1.165) is 17.7 Å². The zero-order valence-electron chi connectivity index (χ0n) is 11.8. The molecule has 0 fully saturated rings. The normalized spacial score (nSPS) is 11.5. The van der Waals surface area contributed by atoms with E-state index in [1.807, 2.05) is 0 Å². The second-order valence-corrected chi connectivity index (χ2v) is 5.56. The standard InChI is InChI=1S/C15H10F3N3OS/c1-22-12-6-5-10(8-19-12)14-21-20-13(23-14)9-3-2-4-11(7-9)15(16,17)18/h2-8H,1H3. The molecule has 0 unspecified atom stereocenters. The summed E-state index contributed by atoms with van der Waals surface area (Å²) in [5, 5.41) is 8.98. The molecular formula is C15H10F3N3OS. The number of methoxy groups -OCH3 is 1. The first-order valence-electron chi connectivity index (χ1n) is 6.49. The van der Waals surface area contributed by atoms with Gasteiger partial charge in [0.25, 0.3) is 0 Å². The second kappa shape index (κ2) is 5.96. The Balaban J connectivity index is 1.92. The van der Waals surface area contributed by atoms with Crippen LogP contribution in [0.2, 0.25) is 0 Å². The smallest absolute Gasteiger partial charge is 0.416 e. The van der Waals surface area contributed by atoms with Crippen molar-refractivity contribution in [2.24, 2.45) is 0 Å². The molecule has 4 nitrogen and oxygen atoms in total.